The van der Waals surface area contributed by atoms with Crippen LogP contribution >= 0.6 is 0 Å². The van der Waals surface area contributed by atoms with Crippen LogP contribution < -0.4 is 10.6 Å². The Morgan fingerprint density at radius 1 is 0.971 bits per heavy atom. The van der Waals surface area contributed by atoms with Gasteiger partial charge in [-0.1, -0.05) is 67.1 Å². The topological polar surface area (TPSA) is 87.7 Å². The Labute approximate surface area is 202 Å². The van der Waals surface area contributed by atoms with Gasteiger partial charge >= 0.3 is 6.09 Å². The van der Waals surface area contributed by atoms with Gasteiger partial charge in [-0.2, -0.15) is 0 Å². The maximum Gasteiger partial charge on any atom is 0.408 e. The minimum atomic E-state index is -0.841. The van der Waals surface area contributed by atoms with Crippen molar-refractivity contribution in [1.29, 1.82) is 0 Å². The summed E-state index contributed by atoms with van der Waals surface area (Å²) in [6, 6.07) is 16.1. The molecule has 0 heterocycles. The lowest BCUT2D eigenvalue weighted by molar-refractivity contribution is -0.142. The summed E-state index contributed by atoms with van der Waals surface area (Å²) in [6.45, 7) is 11.2. The Kier molecular flexibility index (Phi) is 9.66. The molecule has 2 aromatic carbocycles. The first-order valence-corrected chi connectivity index (χ1v) is 11.7. The van der Waals surface area contributed by atoms with E-state index < -0.39 is 17.7 Å². The number of carbonyl (C=O) groups is 3. The fourth-order valence-corrected chi connectivity index (χ4v) is 3.46. The summed E-state index contributed by atoms with van der Waals surface area (Å²) in [6.07, 6.45) is -0.0302. The number of benzene rings is 2. The standard InChI is InChI=1S/C27H37N3O4/c1-7-20(3)30(23(31)18-29-26(33)34-27(4,5)6)24(22-15-13-19(2)14-16-22)25(32)28-17-21-11-9-8-10-12-21/h8-16,20,24H,7,17-18H2,1-6H3,(H,28,32)(H,29,33). The number of alkyl carbamates (subject to hydrolysis) is 1. The highest BCUT2D eigenvalue weighted by molar-refractivity contribution is 5.90. The van der Waals surface area contributed by atoms with Gasteiger partial charge in [-0.25, -0.2) is 4.79 Å². The number of hydrogen-bond acceptors (Lipinski definition) is 4. The zero-order valence-electron chi connectivity index (χ0n) is 21.1. The summed E-state index contributed by atoms with van der Waals surface area (Å²) in [5.74, 6) is -0.640. The maximum atomic E-state index is 13.5. The predicted molar refractivity (Wildman–Crippen MR) is 133 cm³/mol. The van der Waals surface area contributed by atoms with Crippen molar-refractivity contribution in [3.05, 3.63) is 71.3 Å². The first-order valence-electron chi connectivity index (χ1n) is 11.7. The summed E-state index contributed by atoms with van der Waals surface area (Å²) >= 11 is 0. The van der Waals surface area contributed by atoms with Gasteiger partial charge in [0.1, 0.15) is 18.2 Å². The van der Waals surface area contributed by atoms with Gasteiger partial charge in [0.25, 0.3) is 0 Å². The van der Waals surface area contributed by atoms with Gasteiger partial charge in [0, 0.05) is 12.6 Å². The smallest absolute Gasteiger partial charge is 0.408 e. The van der Waals surface area contributed by atoms with Gasteiger partial charge in [-0.15, -0.1) is 0 Å². The summed E-state index contributed by atoms with van der Waals surface area (Å²) < 4.78 is 5.25. The average molecular weight is 468 g/mol. The second-order valence-corrected chi connectivity index (χ2v) is 9.43. The van der Waals surface area contributed by atoms with E-state index in [1.54, 1.807) is 25.7 Å². The van der Waals surface area contributed by atoms with Crippen LogP contribution in [0.25, 0.3) is 0 Å². The third kappa shape index (κ3) is 8.21. The molecule has 7 heteroatoms. The molecule has 0 saturated heterocycles. The number of rotatable bonds is 9. The molecule has 0 radical (unpaired) electrons. The number of nitrogens with zero attached hydrogens (tertiary/aromatic N) is 1. The van der Waals surface area contributed by atoms with Crippen LogP contribution in [0.15, 0.2) is 54.6 Å². The lowest BCUT2D eigenvalue weighted by Crippen LogP contribution is -2.51. The van der Waals surface area contributed by atoms with Crippen molar-refractivity contribution in [1.82, 2.24) is 15.5 Å². The lowest BCUT2D eigenvalue weighted by Gasteiger charge is -2.36. The van der Waals surface area contributed by atoms with Gasteiger partial charge in [-0.3, -0.25) is 9.59 Å². The zero-order valence-corrected chi connectivity index (χ0v) is 21.1. The van der Waals surface area contributed by atoms with E-state index >= 15 is 0 Å². The minimum Gasteiger partial charge on any atom is -0.444 e. The monoisotopic (exact) mass is 467 g/mol. The minimum absolute atomic E-state index is 0.235. The van der Waals surface area contributed by atoms with Gasteiger partial charge in [0.15, 0.2) is 0 Å². The van der Waals surface area contributed by atoms with Crippen molar-refractivity contribution in [3.63, 3.8) is 0 Å². The van der Waals surface area contributed by atoms with Crippen LogP contribution in [0.1, 0.15) is 63.8 Å². The summed E-state index contributed by atoms with van der Waals surface area (Å²) in [4.78, 5) is 40.5. The molecule has 0 spiro atoms. The molecular weight excluding hydrogens is 430 g/mol. The lowest BCUT2D eigenvalue weighted by atomic mass is 10.00. The highest BCUT2D eigenvalue weighted by atomic mass is 16.6. The highest BCUT2D eigenvalue weighted by Crippen LogP contribution is 2.26. The van der Waals surface area contributed by atoms with E-state index in [9.17, 15) is 14.4 Å². The van der Waals surface area contributed by atoms with Crippen LogP contribution in [0.3, 0.4) is 0 Å². The molecule has 0 aliphatic heterocycles. The summed E-state index contributed by atoms with van der Waals surface area (Å²) in [7, 11) is 0. The van der Waals surface area contributed by atoms with Gasteiger partial charge in [0.2, 0.25) is 11.8 Å². The number of aryl methyl sites for hydroxylation is 1. The zero-order chi connectivity index (χ0) is 25.3. The molecule has 184 valence electrons. The molecule has 3 amide bonds. The number of carbonyl (C=O) groups excluding carboxylic acids is 3. The Bertz CT molecular complexity index is 952. The Balaban J connectivity index is 2.29. The van der Waals surface area contributed by atoms with Crippen molar-refractivity contribution in [3.8, 4) is 0 Å². The summed E-state index contributed by atoms with van der Waals surface area (Å²) in [5.41, 5.74) is 2.06. The van der Waals surface area contributed by atoms with Crippen molar-refractivity contribution < 1.29 is 19.1 Å². The fraction of sp³-hybridized carbons (Fsp3) is 0.444. The normalized spacial score (nSPS) is 12.9. The number of amides is 3. The van der Waals surface area contributed by atoms with Crippen LogP contribution in [0.4, 0.5) is 4.79 Å². The second kappa shape index (κ2) is 12.2. The molecule has 2 N–H and O–H groups in total. The van der Waals surface area contributed by atoms with Gasteiger partial charge < -0.3 is 20.3 Å². The molecule has 0 aromatic heterocycles. The molecule has 0 bridgehead atoms. The number of nitrogens with one attached hydrogen (secondary N) is 2. The highest BCUT2D eigenvalue weighted by Gasteiger charge is 2.34. The molecule has 0 fully saturated rings. The average Bonchev–Trinajstić information content (AvgIpc) is 2.79. The van der Waals surface area contributed by atoms with E-state index in [0.717, 1.165) is 11.1 Å². The van der Waals surface area contributed by atoms with Crippen molar-refractivity contribution in [2.45, 2.75) is 72.2 Å². The SMILES string of the molecule is CCC(C)N(C(=O)CNC(=O)OC(C)(C)C)C(C(=O)NCc1ccccc1)c1ccc(C)cc1. The number of ether oxygens (including phenoxy) is 1. The van der Waals surface area contributed by atoms with E-state index in [2.05, 4.69) is 10.6 Å². The third-order valence-corrected chi connectivity index (χ3v) is 5.37. The molecule has 0 saturated carbocycles. The second-order valence-electron chi connectivity index (χ2n) is 9.43. The van der Waals surface area contributed by atoms with E-state index in [1.807, 2.05) is 75.4 Å². The Hall–Kier alpha value is -3.35. The van der Waals surface area contributed by atoms with E-state index in [4.69, 9.17) is 4.74 Å². The van der Waals surface area contributed by atoms with Crippen molar-refractivity contribution >= 4 is 17.9 Å². The van der Waals surface area contributed by atoms with Gasteiger partial charge in [-0.05, 0) is 52.2 Å². The largest absolute Gasteiger partial charge is 0.444 e. The molecular formula is C27H37N3O4. The van der Waals surface area contributed by atoms with Crippen LogP contribution in [0, 0.1) is 6.92 Å². The van der Waals surface area contributed by atoms with E-state index in [-0.39, 0.29) is 24.4 Å². The Morgan fingerprint density at radius 3 is 2.15 bits per heavy atom. The van der Waals surface area contributed by atoms with Crippen LogP contribution in [0.2, 0.25) is 0 Å². The molecule has 0 aliphatic rings. The van der Waals surface area contributed by atoms with Gasteiger partial charge in [0.05, 0.1) is 0 Å². The molecule has 34 heavy (non-hydrogen) atoms. The molecule has 2 unspecified atom stereocenters. The van der Waals surface area contributed by atoms with Crippen molar-refractivity contribution in [2.75, 3.05) is 6.54 Å². The third-order valence-electron chi connectivity index (χ3n) is 5.37. The molecule has 2 aromatic rings. The van der Waals surface area contributed by atoms with Crippen LogP contribution in [-0.2, 0) is 20.9 Å². The quantitative estimate of drug-likeness (QED) is 0.568. The van der Waals surface area contributed by atoms with E-state index in [1.165, 1.54) is 0 Å². The molecule has 7 nitrogen and oxygen atoms in total. The van der Waals surface area contributed by atoms with Crippen molar-refractivity contribution in [2.24, 2.45) is 0 Å². The van der Waals surface area contributed by atoms with Crippen LogP contribution in [0.5, 0.6) is 0 Å². The number of hydrogen-bond donors (Lipinski definition) is 2. The molecule has 2 rings (SSSR count). The first-order chi connectivity index (χ1) is 16.0. The maximum absolute atomic E-state index is 13.5. The van der Waals surface area contributed by atoms with Crippen LogP contribution in [-0.4, -0.2) is 41.0 Å². The molecule has 0 aliphatic carbocycles. The Morgan fingerprint density at radius 2 is 1.59 bits per heavy atom. The molecule has 2 atom stereocenters. The first kappa shape index (κ1) is 26.9. The van der Waals surface area contributed by atoms with E-state index in [0.29, 0.717) is 18.5 Å². The summed E-state index contributed by atoms with van der Waals surface area (Å²) in [5, 5.41) is 5.50. The predicted octanol–water partition coefficient (Wildman–Crippen LogP) is 4.50. The fourth-order valence-electron chi connectivity index (χ4n) is 3.46.